The number of nitrogens with zero attached hydrogens (tertiary/aromatic N) is 5. The first kappa shape index (κ1) is 13.7. The van der Waals surface area contributed by atoms with Gasteiger partial charge in [0.1, 0.15) is 5.69 Å². The fraction of sp³-hybridized carbons (Fsp3) is 0.571. The van der Waals surface area contributed by atoms with Crippen LogP contribution >= 0.6 is 0 Å². The Hall–Kier alpha value is -1.96. The third-order valence-electron chi connectivity index (χ3n) is 4.06. The van der Waals surface area contributed by atoms with E-state index in [9.17, 15) is 8.78 Å². The van der Waals surface area contributed by atoms with Crippen LogP contribution in [0.5, 0.6) is 0 Å². The van der Waals surface area contributed by atoms with Crippen molar-refractivity contribution in [1.29, 1.82) is 0 Å². The smallest absolute Gasteiger partial charge is 0.267 e. The minimum absolute atomic E-state index is 0.213. The van der Waals surface area contributed by atoms with Crippen molar-refractivity contribution in [3.05, 3.63) is 24.5 Å². The molecular formula is C14H15F2N5O. The Bertz CT molecular complexity index is 658. The maximum atomic E-state index is 13.8. The lowest BCUT2D eigenvalue weighted by molar-refractivity contribution is 0.0116. The summed E-state index contributed by atoms with van der Waals surface area (Å²) in [5, 5.41) is 7.88. The molecule has 2 aromatic rings. The second-order valence-corrected chi connectivity index (χ2v) is 5.98. The van der Waals surface area contributed by atoms with E-state index in [4.69, 9.17) is 4.42 Å². The first-order valence-electron chi connectivity index (χ1n) is 7.32. The van der Waals surface area contributed by atoms with Crippen LogP contribution < -0.4 is 0 Å². The minimum atomic E-state index is -2.71. The van der Waals surface area contributed by atoms with Crippen LogP contribution in [0.25, 0.3) is 11.6 Å². The van der Waals surface area contributed by atoms with Crippen molar-refractivity contribution in [3.63, 3.8) is 0 Å². The summed E-state index contributed by atoms with van der Waals surface area (Å²) >= 11 is 0. The Balaban J connectivity index is 1.58. The molecule has 2 fully saturated rings. The maximum Gasteiger partial charge on any atom is 0.267 e. The van der Waals surface area contributed by atoms with E-state index >= 15 is 0 Å². The molecule has 4 rings (SSSR count). The third kappa shape index (κ3) is 2.70. The van der Waals surface area contributed by atoms with Gasteiger partial charge in [0.05, 0.1) is 18.8 Å². The van der Waals surface area contributed by atoms with Gasteiger partial charge in [0.25, 0.3) is 11.8 Å². The molecule has 0 unspecified atom stereocenters. The molecular weight excluding hydrogens is 292 g/mol. The Morgan fingerprint density at radius 3 is 2.86 bits per heavy atom. The van der Waals surface area contributed by atoms with Crippen molar-refractivity contribution in [2.24, 2.45) is 5.92 Å². The van der Waals surface area contributed by atoms with E-state index in [-0.39, 0.29) is 24.7 Å². The van der Waals surface area contributed by atoms with Gasteiger partial charge in [-0.15, -0.1) is 10.2 Å². The number of alkyl halides is 2. The van der Waals surface area contributed by atoms with E-state index in [2.05, 4.69) is 20.2 Å². The Morgan fingerprint density at radius 2 is 2.14 bits per heavy atom. The van der Waals surface area contributed by atoms with Crippen molar-refractivity contribution in [2.75, 3.05) is 13.1 Å². The van der Waals surface area contributed by atoms with Crippen LogP contribution in [-0.2, 0) is 0 Å². The van der Waals surface area contributed by atoms with Crippen molar-refractivity contribution < 1.29 is 13.2 Å². The minimum Gasteiger partial charge on any atom is -0.417 e. The molecule has 0 N–H and O–H groups in total. The molecule has 8 heteroatoms. The highest BCUT2D eigenvalue weighted by molar-refractivity contribution is 5.43. The molecule has 1 saturated heterocycles. The fourth-order valence-electron chi connectivity index (χ4n) is 2.83. The van der Waals surface area contributed by atoms with Gasteiger partial charge in [-0.05, 0) is 18.8 Å². The van der Waals surface area contributed by atoms with Crippen LogP contribution in [-0.4, -0.2) is 44.1 Å². The Kier molecular flexibility index (Phi) is 3.14. The fourth-order valence-corrected chi connectivity index (χ4v) is 2.83. The van der Waals surface area contributed by atoms with Gasteiger partial charge in [-0.2, -0.15) is 0 Å². The number of rotatable bonds is 4. The highest BCUT2D eigenvalue weighted by Gasteiger charge is 2.48. The van der Waals surface area contributed by atoms with Gasteiger partial charge >= 0.3 is 0 Å². The molecule has 0 aromatic carbocycles. The summed E-state index contributed by atoms with van der Waals surface area (Å²) in [5.41, 5.74) is 0.444. The lowest BCUT2D eigenvalue weighted by atomic mass is 10.2. The van der Waals surface area contributed by atoms with Gasteiger partial charge in [-0.25, -0.2) is 13.8 Å². The highest BCUT2D eigenvalue weighted by atomic mass is 19.3. The topological polar surface area (TPSA) is 67.9 Å². The first-order valence-corrected chi connectivity index (χ1v) is 7.32. The van der Waals surface area contributed by atoms with Crippen LogP contribution in [0.1, 0.15) is 31.2 Å². The van der Waals surface area contributed by atoms with Gasteiger partial charge in [0, 0.05) is 25.4 Å². The standard InChI is InChI=1S/C14H15F2N5O/c15-14(16)5-11(21(8-14)7-9-1-2-9)13-20-19-12(22-13)10-6-17-3-4-18-10/h3-4,6,9,11H,1-2,5,7-8H2/t11-/m0/s1. The zero-order valence-electron chi connectivity index (χ0n) is 11.8. The van der Waals surface area contributed by atoms with Crippen molar-refractivity contribution in [3.8, 4) is 11.6 Å². The zero-order valence-corrected chi connectivity index (χ0v) is 11.8. The van der Waals surface area contributed by atoms with Crippen LogP contribution in [0, 0.1) is 5.92 Å². The van der Waals surface area contributed by atoms with Crippen LogP contribution in [0.4, 0.5) is 8.78 Å². The van der Waals surface area contributed by atoms with E-state index in [0.717, 1.165) is 12.8 Å². The molecule has 22 heavy (non-hydrogen) atoms. The van der Waals surface area contributed by atoms with Crippen molar-refractivity contribution in [2.45, 2.75) is 31.2 Å². The first-order chi connectivity index (χ1) is 10.6. The number of halogens is 2. The molecule has 0 spiro atoms. The molecule has 1 atom stereocenters. The van der Waals surface area contributed by atoms with Crippen molar-refractivity contribution in [1.82, 2.24) is 25.1 Å². The summed E-state index contributed by atoms with van der Waals surface area (Å²) in [6.07, 6.45) is 6.51. The molecule has 0 bridgehead atoms. The molecule has 1 aliphatic heterocycles. The molecule has 0 radical (unpaired) electrons. The summed E-state index contributed by atoms with van der Waals surface area (Å²) in [5.74, 6) is -1.73. The normalized spacial score (nSPS) is 24.7. The molecule has 2 aromatic heterocycles. The molecule has 0 amide bonds. The van der Waals surface area contributed by atoms with Gasteiger partial charge in [-0.1, -0.05) is 0 Å². The molecule has 2 aliphatic rings. The Labute approximate surface area is 125 Å². The number of hydrogen-bond donors (Lipinski definition) is 0. The second-order valence-electron chi connectivity index (χ2n) is 5.98. The molecule has 1 aliphatic carbocycles. The van der Waals surface area contributed by atoms with E-state index in [0.29, 0.717) is 18.2 Å². The van der Waals surface area contributed by atoms with E-state index in [1.54, 1.807) is 4.90 Å². The second kappa shape index (κ2) is 5.05. The van der Waals surface area contributed by atoms with E-state index < -0.39 is 12.0 Å². The average Bonchev–Trinajstić information content (AvgIpc) is 3.08. The van der Waals surface area contributed by atoms with Gasteiger partial charge in [0.15, 0.2) is 0 Å². The zero-order chi connectivity index (χ0) is 15.2. The lowest BCUT2D eigenvalue weighted by Gasteiger charge is -2.20. The predicted molar refractivity (Wildman–Crippen MR) is 71.9 cm³/mol. The lowest BCUT2D eigenvalue weighted by Crippen LogP contribution is -2.28. The summed E-state index contributed by atoms with van der Waals surface area (Å²) in [4.78, 5) is 9.78. The summed E-state index contributed by atoms with van der Waals surface area (Å²) in [7, 11) is 0. The number of likely N-dealkylation sites (tertiary alicyclic amines) is 1. The molecule has 116 valence electrons. The maximum absolute atomic E-state index is 13.8. The van der Waals surface area contributed by atoms with Crippen LogP contribution in [0.3, 0.4) is 0 Å². The highest BCUT2D eigenvalue weighted by Crippen LogP contribution is 2.43. The predicted octanol–water partition coefficient (Wildman–Crippen LogP) is 2.32. The summed E-state index contributed by atoms with van der Waals surface area (Å²) in [6, 6.07) is -0.520. The summed E-state index contributed by atoms with van der Waals surface area (Å²) in [6.45, 7) is 0.431. The van der Waals surface area contributed by atoms with E-state index in [1.165, 1.54) is 18.6 Å². The molecule has 3 heterocycles. The number of aromatic nitrogens is 4. The Morgan fingerprint density at radius 1 is 1.27 bits per heavy atom. The molecule has 1 saturated carbocycles. The molecule has 6 nitrogen and oxygen atoms in total. The monoisotopic (exact) mass is 307 g/mol. The quantitative estimate of drug-likeness (QED) is 0.863. The van der Waals surface area contributed by atoms with Crippen LogP contribution in [0.15, 0.2) is 23.0 Å². The van der Waals surface area contributed by atoms with Gasteiger partial charge < -0.3 is 4.42 Å². The van der Waals surface area contributed by atoms with Gasteiger partial charge in [-0.3, -0.25) is 9.88 Å². The van der Waals surface area contributed by atoms with E-state index in [1.807, 2.05) is 0 Å². The van der Waals surface area contributed by atoms with Crippen molar-refractivity contribution >= 4 is 0 Å². The number of hydrogen-bond acceptors (Lipinski definition) is 6. The average molecular weight is 307 g/mol. The third-order valence-corrected chi connectivity index (χ3v) is 4.06. The SMILES string of the molecule is FC1(F)C[C@@H](c2nnc(-c3cnccn3)o2)N(CC2CC2)C1. The largest absolute Gasteiger partial charge is 0.417 e. The van der Waals surface area contributed by atoms with Crippen LogP contribution in [0.2, 0.25) is 0 Å². The summed E-state index contributed by atoms with van der Waals surface area (Å²) < 4.78 is 33.1. The van der Waals surface area contributed by atoms with Gasteiger partial charge in [0.2, 0.25) is 5.89 Å².